The molecular formula is C23H21ClFN5O4S2. The number of sulfonamides is 1. The molecule has 2 aromatic heterocycles. The van der Waals surface area contributed by atoms with Gasteiger partial charge in [-0.2, -0.15) is 0 Å². The highest BCUT2D eigenvalue weighted by molar-refractivity contribution is 7.92. The standard InChI is InChI=1S/C23H21ClFN5O4S2/c1-3-10-26-14-4-6-16-18(12-14)27-13(2)30(22(16)31)19-7-5-15(11-17(19)25)28-23(32)29-36(33,34)21-9-8-20(24)35-21/h4-9,11-12,26H,3,10H2,1-2H3,(H2,28,29,32). The van der Waals surface area contributed by atoms with Crippen molar-refractivity contribution in [3.63, 3.8) is 0 Å². The van der Waals surface area contributed by atoms with E-state index in [1.807, 2.05) is 11.6 Å². The summed E-state index contributed by atoms with van der Waals surface area (Å²) in [5.74, 6) is -0.536. The number of aromatic nitrogens is 2. The average molecular weight is 550 g/mol. The molecule has 2 heterocycles. The zero-order valence-corrected chi connectivity index (χ0v) is 21.5. The van der Waals surface area contributed by atoms with Gasteiger partial charge in [0.25, 0.3) is 15.6 Å². The third-order valence-corrected chi connectivity index (χ3v) is 8.16. The third-order valence-electron chi connectivity index (χ3n) is 5.10. The second kappa shape index (κ2) is 10.2. The van der Waals surface area contributed by atoms with Crippen molar-refractivity contribution in [1.82, 2.24) is 14.3 Å². The Labute approximate surface area is 215 Å². The van der Waals surface area contributed by atoms with Crippen LogP contribution in [0.5, 0.6) is 0 Å². The number of carbonyl (C=O) groups excluding carboxylic acids is 1. The number of hydrogen-bond donors (Lipinski definition) is 3. The van der Waals surface area contributed by atoms with E-state index in [2.05, 4.69) is 15.6 Å². The van der Waals surface area contributed by atoms with Gasteiger partial charge in [0.2, 0.25) is 0 Å². The van der Waals surface area contributed by atoms with Crippen LogP contribution in [0.25, 0.3) is 16.6 Å². The van der Waals surface area contributed by atoms with Crippen molar-refractivity contribution in [3.05, 3.63) is 74.9 Å². The molecule has 0 unspecified atom stereocenters. The van der Waals surface area contributed by atoms with Crippen molar-refractivity contribution < 1.29 is 17.6 Å². The van der Waals surface area contributed by atoms with Crippen LogP contribution in [0.4, 0.5) is 20.6 Å². The molecule has 0 saturated carbocycles. The minimum atomic E-state index is -4.14. The summed E-state index contributed by atoms with van der Waals surface area (Å²) in [4.78, 5) is 29.8. The van der Waals surface area contributed by atoms with Crippen LogP contribution in [0.1, 0.15) is 19.2 Å². The highest BCUT2D eigenvalue weighted by Crippen LogP contribution is 2.25. The highest BCUT2D eigenvalue weighted by Gasteiger charge is 2.20. The SMILES string of the molecule is CCCNc1ccc2c(=O)n(-c3ccc(NC(=O)NS(=O)(=O)c4ccc(Cl)s4)cc3F)c(C)nc2c1. The number of hydrogen-bond acceptors (Lipinski definition) is 7. The van der Waals surface area contributed by atoms with E-state index in [-0.39, 0.29) is 25.7 Å². The van der Waals surface area contributed by atoms with Gasteiger partial charge in [0.05, 0.1) is 20.9 Å². The van der Waals surface area contributed by atoms with Crippen LogP contribution in [0, 0.1) is 12.7 Å². The molecule has 9 nitrogen and oxygen atoms in total. The molecule has 188 valence electrons. The van der Waals surface area contributed by atoms with Crippen molar-refractivity contribution >= 4 is 61.3 Å². The minimum Gasteiger partial charge on any atom is -0.385 e. The molecule has 0 atom stereocenters. The smallest absolute Gasteiger partial charge is 0.333 e. The molecule has 2 aromatic carbocycles. The Morgan fingerprint density at radius 2 is 1.89 bits per heavy atom. The van der Waals surface area contributed by atoms with Gasteiger partial charge in [-0.05, 0) is 61.9 Å². The predicted molar refractivity (Wildman–Crippen MR) is 139 cm³/mol. The number of fused-ring (bicyclic) bond motifs is 1. The van der Waals surface area contributed by atoms with Gasteiger partial charge >= 0.3 is 6.03 Å². The van der Waals surface area contributed by atoms with E-state index >= 15 is 4.39 Å². The predicted octanol–water partition coefficient (Wildman–Crippen LogP) is 4.88. The van der Waals surface area contributed by atoms with Crippen molar-refractivity contribution in [3.8, 4) is 5.69 Å². The number of thiophene rings is 1. The summed E-state index contributed by atoms with van der Waals surface area (Å²) in [5.41, 5.74) is 0.791. The number of amides is 2. The lowest BCUT2D eigenvalue weighted by Crippen LogP contribution is -2.34. The maximum absolute atomic E-state index is 15.1. The lowest BCUT2D eigenvalue weighted by Gasteiger charge is -2.14. The Bertz CT molecular complexity index is 1640. The van der Waals surface area contributed by atoms with E-state index in [0.717, 1.165) is 40.6 Å². The summed E-state index contributed by atoms with van der Waals surface area (Å²) in [6.45, 7) is 4.41. The van der Waals surface area contributed by atoms with Gasteiger partial charge in [-0.1, -0.05) is 18.5 Å². The number of nitrogens with zero attached hydrogens (tertiary/aromatic N) is 2. The normalized spacial score (nSPS) is 11.4. The Balaban J connectivity index is 1.58. The number of anilines is 2. The van der Waals surface area contributed by atoms with Crippen molar-refractivity contribution in [2.24, 2.45) is 0 Å². The van der Waals surface area contributed by atoms with E-state index in [1.54, 1.807) is 25.1 Å². The molecule has 0 fully saturated rings. The number of aryl methyl sites for hydroxylation is 1. The largest absolute Gasteiger partial charge is 0.385 e. The lowest BCUT2D eigenvalue weighted by atomic mass is 10.2. The van der Waals surface area contributed by atoms with Gasteiger partial charge in [-0.3, -0.25) is 9.36 Å². The second-order valence-corrected chi connectivity index (χ2v) is 11.4. The molecule has 13 heteroatoms. The molecule has 0 aliphatic rings. The first-order valence-corrected chi connectivity index (χ1v) is 13.4. The number of rotatable bonds is 7. The average Bonchev–Trinajstić information content (AvgIpc) is 3.26. The molecule has 0 bridgehead atoms. The van der Waals surface area contributed by atoms with Crippen LogP contribution in [0.2, 0.25) is 4.34 Å². The third kappa shape index (κ3) is 5.35. The molecule has 0 aliphatic carbocycles. The van der Waals surface area contributed by atoms with Crippen LogP contribution in [0.15, 0.2) is 57.5 Å². The molecule has 0 aliphatic heterocycles. The fourth-order valence-electron chi connectivity index (χ4n) is 3.50. The maximum atomic E-state index is 15.1. The minimum absolute atomic E-state index is 0.0146. The van der Waals surface area contributed by atoms with Crippen LogP contribution in [-0.4, -0.2) is 30.5 Å². The Morgan fingerprint density at radius 1 is 1.14 bits per heavy atom. The summed E-state index contributed by atoms with van der Waals surface area (Å²) in [7, 11) is -4.14. The monoisotopic (exact) mass is 549 g/mol. The topological polar surface area (TPSA) is 122 Å². The second-order valence-electron chi connectivity index (χ2n) is 7.74. The van der Waals surface area contributed by atoms with E-state index in [1.165, 1.54) is 24.3 Å². The van der Waals surface area contributed by atoms with Gasteiger partial charge in [-0.25, -0.2) is 27.3 Å². The van der Waals surface area contributed by atoms with Gasteiger partial charge in [0.15, 0.2) is 0 Å². The Kier molecular flexibility index (Phi) is 7.29. The molecule has 0 radical (unpaired) electrons. The van der Waals surface area contributed by atoms with Crippen LogP contribution >= 0.6 is 22.9 Å². The zero-order valence-electron chi connectivity index (χ0n) is 19.1. The van der Waals surface area contributed by atoms with E-state index in [4.69, 9.17) is 11.6 Å². The number of carbonyl (C=O) groups is 1. The van der Waals surface area contributed by atoms with Gasteiger partial charge < -0.3 is 10.6 Å². The molecule has 4 aromatic rings. The van der Waals surface area contributed by atoms with Crippen molar-refractivity contribution in [1.29, 1.82) is 0 Å². The summed E-state index contributed by atoms with van der Waals surface area (Å²) >= 11 is 6.53. The Morgan fingerprint density at radius 3 is 2.56 bits per heavy atom. The first kappa shape index (κ1) is 25.6. The molecular weight excluding hydrogens is 529 g/mol. The maximum Gasteiger partial charge on any atom is 0.333 e. The number of benzene rings is 2. The Hall–Kier alpha value is -3.48. The van der Waals surface area contributed by atoms with Crippen molar-refractivity contribution in [2.75, 3.05) is 17.2 Å². The lowest BCUT2D eigenvalue weighted by molar-refractivity contribution is 0.256. The molecule has 3 N–H and O–H groups in total. The van der Waals surface area contributed by atoms with E-state index in [0.29, 0.717) is 10.9 Å². The first-order chi connectivity index (χ1) is 17.1. The zero-order chi connectivity index (χ0) is 26.0. The van der Waals surface area contributed by atoms with Crippen LogP contribution in [-0.2, 0) is 10.0 Å². The van der Waals surface area contributed by atoms with E-state index in [9.17, 15) is 18.0 Å². The quantitative estimate of drug-likeness (QED) is 0.302. The van der Waals surface area contributed by atoms with Crippen molar-refractivity contribution in [2.45, 2.75) is 24.5 Å². The fourth-order valence-corrected chi connectivity index (χ4v) is 5.89. The molecule has 36 heavy (non-hydrogen) atoms. The number of urea groups is 1. The number of halogens is 2. The summed E-state index contributed by atoms with van der Waals surface area (Å²) in [6, 6.07) is 10.4. The molecule has 2 amide bonds. The van der Waals surface area contributed by atoms with Crippen LogP contribution < -0.4 is 20.9 Å². The van der Waals surface area contributed by atoms with Crippen LogP contribution in [0.3, 0.4) is 0 Å². The van der Waals surface area contributed by atoms with Gasteiger partial charge in [0, 0.05) is 17.9 Å². The first-order valence-electron chi connectivity index (χ1n) is 10.8. The van der Waals surface area contributed by atoms with Gasteiger partial charge in [0.1, 0.15) is 15.9 Å². The summed E-state index contributed by atoms with van der Waals surface area (Å²) < 4.78 is 42.7. The highest BCUT2D eigenvalue weighted by atomic mass is 35.5. The summed E-state index contributed by atoms with van der Waals surface area (Å²) in [6.07, 6.45) is 0.942. The molecule has 4 rings (SSSR count). The summed E-state index contributed by atoms with van der Waals surface area (Å²) in [5, 5.41) is 5.83. The fraction of sp³-hybridized carbons (Fsp3) is 0.174. The van der Waals surface area contributed by atoms with E-state index < -0.39 is 27.4 Å². The molecule has 0 spiro atoms. The molecule has 0 saturated heterocycles. The van der Waals surface area contributed by atoms with Gasteiger partial charge in [-0.15, -0.1) is 11.3 Å². The number of nitrogens with one attached hydrogen (secondary N) is 3.